The smallest absolute Gasteiger partial charge is 0.304 e. The molecule has 0 aliphatic heterocycles. The van der Waals surface area contributed by atoms with Gasteiger partial charge in [-0.2, -0.15) is 0 Å². The lowest BCUT2D eigenvalue weighted by molar-refractivity contribution is -0.136. The highest BCUT2D eigenvalue weighted by Gasteiger charge is 2.18. The molecule has 6 nitrogen and oxygen atoms in total. The first-order valence-corrected chi connectivity index (χ1v) is 8.18. The molecule has 1 aromatic carbocycles. The fourth-order valence-electron chi connectivity index (χ4n) is 1.82. The summed E-state index contributed by atoms with van der Waals surface area (Å²) in [5.74, 6) is -0.829. The van der Waals surface area contributed by atoms with Crippen LogP contribution in [-0.2, 0) is 14.8 Å². The van der Waals surface area contributed by atoms with Crippen LogP contribution >= 0.6 is 0 Å². The normalized spacial score (nSPS) is 11.6. The van der Waals surface area contributed by atoms with Gasteiger partial charge in [-0.25, -0.2) is 12.7 Å². The average molecular weight is 315 g/mol. The molecule has 0 aliphatic carbocycles. The summed E-state index contributed by atoms with van der Waals surface area (Å²) >= 11 is 0. The number of hydrogen-bond donors (Lipinski definition) is 1. The molecule has 0 amide bonds. The van der Waals surface area contributed by atoms with Gasteiger partial charge in [0.25, 0.3) is 0 Å². The SMILES string of the molecule is Cc1cc(C)cc(OCCN(C)S(=O)(=O)CCC(=O)O)c1. The lowest BCUT2D eigenvalue weighted by Gasteiger charge is -2.17. The Labute approximate surface area is 125 Å². The second kappa shape index (κ2) is 7.42. The maximum atomic E-state index is 11.8. The van der Waals surface area contributed by atoms with Crippen LogP contribution in [0.15, 0.2) is 18.2 Å². The minimum Gasteiger partial charge on any atom is -0.492 e. The third kappa shape index (κ3) is 6.14. The van der Waals surface area contributed by atoms with Gasteiger partial charge in [-0.15, -0.1) is 0 Å². The van der Waals surface area contributed by atoms with Crippen molar-refractivity contribution in [3.63, 3.8) is 0 Å². The van der Waals surface area contributed by atoms with Crippen molar-refractivity contribution in [1.29, 1.82) is 0 Å². The van der Waals surface area contributed by atoms with E-state index in [1.165, 1.54) is 7.05 Å². The van der Waals surface area contributed by atoms with Crippen LogP contribution in [0, 0.1) is 13.8 Å². The minimum absolute atomic E-state index is 0.176. The van der Waals surface area contributed by atoms with Gasteiger partial charge in [-0.1, -0.05) is 6.07 Å². The Bertz CT molecular complexity index is 577. The van der Waals surface area contributed by atoms with Gasteiger partial charge in [0, 0.05) is 13.6 Å². The molecule has 7 heteroatoms. The first-order chi connectivity index (χ1) is 9.70. The lowest BCUT2D eigenvalue weighted by Crippen LogP contribution is -2.33. The summed E-state index contributed by atoms with van der Waals surface area (Å²) in [5.41, 5.74) is 2.15. The second-order valence-corrected chi connectivity index (χ2v) is 7.15. The van der Waals surface area contributed by atoms with E-state index >= 15 is 0 Å². The molecular formula is C14H21NO5S. The molecule has 0 fully saturated rings. The first-order valence-electron chi connectivity index (χ1n) is 6.57. The van der Waals surface area contributed by atoms with Crippen molar-refractivity contribution in [1.82, 2.24) is 4.31 Å². The number of aliphatic carboxylic acids is 1. The zero-order valence-electron chi connectivity index (χ0n) is 12.5. The number of nitrogens with zero attached hydrogens (tertiary/aromatic N) is 1. The van der Waals surface area contributed by atoms with Crippen molar-refractivity contribution in [3.05, 3.63) is 29.3 Å². The van der Waals surface area contributed by atoms with E-state index < -0.39 is 28.2 Å². The molecule has 1 rings (SSSR count). The number of aryl methyl sites for hydroxylation is 2. The predicted molar refractivity (Wildman–Crippen MR) is 80.1 cm³/mol. The van der Waals surface area contributed by atoms with Crippen molar-refractivity contribution in [2.45, 2.75) is 20.3 Å². The molecule has 0 saturated heterocycles. The van der Waals surface area contributed by atoms with Gasteiger partial charge >= 0.3 is 5.97 Å². The predicted octanol–water partition coefficient (Wildman–Crippen LogP) is 1.42. The zero-order valence-corrected chi connectivity index (χ0v) is 13.3. The van der Waals surface area contributed by atoms with Gasteiger partial charge in [-0.3, -0.25) is 4.79 Å². The average Bonchev–Trinajstić information content (AvgIpc) is 2.35. The molecule has 0 aromatic heterocycles. The first kappa shape index (κ1) is 17.5. The van der Waals surface area contributed by atoms with Gasteiger partial charge < -0.3 is 9.84 Å². The maximum Gasteiger partial charge on any atom is 0.304 e. The number of hydrogen-bond acceptors (Lipinski definition) is 4. The summed E-state index contributed by atoms with van der Waals surface area (Å²) < 4.78 is 30.2. The molecule has 118 valence electrons. The van der Waals surface area contributed by atoms with Gasteiger partial charge in [0.1, 0.15) is 12.4 Å². The number of rotatable bonds is 8. The number of benzene rings is 1. The lowest BCUT2D eigenvalue weighted by atomic mass is 10.1. The van der Waals surface area contributed by atoms with Crippen LogP contribution in [0.2, 0.25) is 0 Å². The van der Waals surface area contributed by atoms with E-state index in [-0.39, 0.29) is 13.2 Å². The van der Waals surface area contributed by atoms with E-state index in [9.17, 15) is 13.2 Å². The largest absolute Gasteiger partial charge is 0.492 e. The monoisotopic (exact) mass is 315 g/mol. The van der Waals surface area contributed by atoms with E-state index in [1.54, 1.807) is 0 Å². The molecule has 0 unspecified atom stereocenters. The highest BCUT2D eigenvalue weighted by atomic mass is 32.2. The number of sulfonamides is 1. The number of carboxylic acid groups (broad SMARTS) is 1. The Kier molecular flexibility index (Phi) is 6.17. The fourth-order valence-corrected chi connectivity index (χ4v) is 2.92. The van der Waals surface area contributed by atoms with Gasteiger partial charge in [0.2, 0.25) is 10.0 Å². The molecule has 0 radical (unpaired) electrons. The number of ether oxygens (including phenoxy) is 1. The van der Waals surface area contributed by atoms with E-state index in [2.05, 4.69) is 0 Å². The van der Waals surface area contributed by atoms with Crippen molar-refractivity contribution < 1.29 is 23.1 Å². The second-order valence-electron chi connectivity index (χ2n) is 4.95. The van der Waals surface area contributed by atoms with Crippen molar-refractivity contribution >= 4 is 16.0 Å². The third-order valence-corrected chi connectivity index (χ3v) is 4.77. The summed E-state index contributed by atoms with van der Waals surface area (Å²) in [4.78, 5) is 10.4. The van der Waals surface area contributed by atoms with Crippen molar-refractivity contribution in [2.75, 3.05) is 26.0 Å². The van der Waals surface area contributed by atoms with Crippen LogP contribution in [0.1, 0.15) is 17.5 Å². The van der Waals surface area contributed by atoms with Crippen molar-refractivity contribution in [2.24, 2.45) is 0 Å². The number of likely N-dealkylation sites (N-methyl/N-ethyl adjacent to an activating group) is 1. The molecule has 0 saturated carbocycles. The molecule has 0 spiro atoms. The van der Waals surface area contributed by atoms with Crippen LogP contribution in [0.3, 0.4) is 0 Å². The van der Waals surface area contributed by atoms with Gasteiger partial charge in [0.05, 0.1) is 12.2 Å². The third-order valence-electron chi connectivity index (χ3n) is 2.92. The molecule has 0 heterocycles. The standard InChI is InChI=1S/C14H21NO5S/c1-11-8-12(2)10-13(9-11)20-6-5-15(3)21(18,19)7-4-14(16)17/h8-10H,4-7H2,1-3H3,(H,16,17). The molecule has 0 aliphatic rings. The van der Waals surface area contributed by atoms with Crippen LogP contribution < -0.4 is 4.74 Å². The van der Waals surface area contributed by atoms with Crippen LogP contribution in [0.5, 0.6) is 5.75 Å². The summed E-state index contributed by atoms with van der Waals surface area (Å²) in [6.45, 7) is 4.31. The summed E-state index contributed by atoms with van der Waals surface area (Å²) in [6.07, 6.45) is -0.398. The summed E-state index contributed by atoms with van der Waals surface area (Å²) in [6, 6.07) is 5.78. The Morgan fingerprint density at radius 2 is 1.81 bits per heavy atom. The van der Waals surface area contributed by atoms with Crippen LogP contribution in [0.25, 0.3) is 0 Å². The number of carbonyl (C=O) groups is 1. The van der Waals surface area contributed by atoms with E-state index in [0.717, 1.165) is 15.4 Å². The minimum atomic E-state index is -3.55. The highest BCUT2D eigenvalue weighted by molar-refractivity contribution is 7.89. The number of carboxylic acids is 1. The Balaban J connectivity index is 2.49. The Hall–Kier alpha value is -1.60. The van der Waals surface area contributed by atoms with E-state index in [4.69, 9.17) is 9.84 Å². The Morgan fingerprint density at radius 3 is 2.33 bits per heavy atom. The molecule has 0 atom stereocenters. The molecule has 21 heavy (non-hydrogen) atoms. The molecule has 1 N–H and O–H groups in total. The highest BCUT2D eigenvalue weighted by Crippen LogP contribution is 2.16. The molecular weight excluding hydrogens is 294 g/mol. The van der Waals surface area contributed by atoms with Crippen molar-refractivity contribution in [3.8, 4) is 5.75 Å². The van der Waals surface area contributed by atoms with Crippen LogP contribution in [-0.4, -0.2) is 49.8 Å². The van der Waals surface area contributed by atoms with Gasteiger partial charge in [-0.05, 0) is 37.1 Å². The Morgan fingerprint density at radius 1 is 1.24 bits per heavy atom. The van der Waals surface area contributed by atoms with E-state index in [1.807, 2.05) is 32.0 Å². The molecule has 0 bridgehead atoms. The quantitative estimate of drug-likeness (QED) is 0.784. The van der Waals surface area contributed by atoms with E-state index in [0.29, 0.717) is 5.75 Å². The fraction of sp³-hybridized carbons (Fsp3) is 0.500. The molecule has 1 aromatic rings. The van der Waals surface area contributed by atoms with Gasteiger partial charge in [0.15, 0.2) is 0 Å². The zero-order chi connectivity index (χ0) is 16.0. The summed E-state index contributed by atoms with van der Waals surface area (Å²) in [5, 5.41) is 8.53. The summed E-state index contributed by atoms with van der Waals surface area (Å²) in [7, 11) is -2.13. The maximum absolute atomic E-state index is 11.8. The topological polar surface area (TPSA) is 83.9 Å². The van der Waals surface area contributed by atoms with Crippen LogP contribution in [0.4, 0.5) is 0 Å².